The molecule has 2 aromatic rings. The number of nitrogens with one attached hydrogen (secondary N) is 1. The molecule has 0 bridgehead atoms. The molecular weight excluding hydrogens is 340 g/mol. The zero-order valence-corrected chi connectivity index (χ0v) is 14.6. The van der Waals surface area contributed by atoms with Crippen LogP contribution in [-0.2, 0) is 17.9 Å². The van der Waals surface area contributed by atoms with Crippen molar-refractivity contribution in [1.82, 2.24) is 10.2 Å². The third-order valence-corrected chi connectivity index (χ3v) is 4.32. The van der Waals surface area contributed by atoms with Crippen molar-refractivity contribution in [2.24, 2.45) is 0 Å². The molecule has 0 aliphatic carbocycles. The van der Waals surface area contributed by atoms with E-state index in [0.29, 0.717) is 13.1 Å². The Bertz CT molecular complexity index is 642. The lowest BCUT2D eigenvalue weighted by Gasteiger charge is -2.17. The van der Waals surface area contributed by atoms with Crippen LogP contribution in [0.15, 0.2) is 53.0 Å². The Morgan fingerprint density at radius 3 is 2.41 bits per heavy atom. The highest BCUT2D eigenvalue weighted by molar-refractivity contribution is 9.10. The smallest absolute Gasteiger partial charge is 0.234 e. The second kappa shape index (κ2) is 8.11. The van der Waals surface area contributed by atoms with Gasteiger partial charge in [-0.2, -0.15) is 0 Å². The maximum Gasteiger partial charge on any atom is 0.234 e. The van der Waals surface area contributed by atoms with Crippen molar-refractivity contribution in [1.29, 1.82) is 0 Å². The van der Waals surface area contributed by atoms with Crippen LogP contribution in [0.1, 0.15) is 16.7 Å². The van der Waals surface area contributed by atoms with Crippen molar-refractivity contribution < 1.29 is 4.79 Å². The number of hydrogen-bond donors (Lipinski definition) is 1. The van der Waals surface area contributed by atoms with E-state index >= 15 is 0 Å². The first-order chi connectivity index (χ1) is 10.6. The molecular formula is C18H21BrN2O. The van der Waals surface area contributed by atoms with E-state index in [4.69, 9.17) is 0 Å². The van der Waals surface area contributed by atoms with Crippen LogP contribution >= 0.6 is 15.9 Å². The van der Waals surface area contributed by atoms with Gasteiger partial charge in [0, 0.05) is 17.6 Å². The first-order valence-electron chi connectivity index (χ1n) is 7.29. The summed E-state index contributed by atoms with van der Waals surface area (Å²) in [7, 11) is 1.95. The fourth-order valence-electron chi connectivity index (χ4n) is 2.28. The maximum atomic E-state index is 12.0. The molecule has 0 aliphatic rings. The summed E-state index contributed by atoms with van der Waals surface area (Å²) in [6.45, 7) is 3.75. The predicted molar refractivity (Wildman–Crippen MR) is 93.5 cm³/mol. The monoisotopic (exact) mass is 360 g/mol. The molecule has 4 heteroatoms. The first-order valence-corrected chi connectivity index (χ1v) is 8.08. The number of likely N-dealkylation sites (N-methyl/N-ethyl adjacent to an activating group) is 1. The highest BCUT2D eigenvalue weighted by Crippen LogP contribution is 2.17. The van der Waals surface area contributed by atoms with Crippen molar-refractivity contribution in [3.63, 3.8) is 0 Å². The van der Waals surface area contributed by atoms with Gasteiger partial charge >= 0.3 is 0 Å². The summed E-state index contributed by atoms with van der Waals surface area (Å²) in [6.07, 6.45) is 0. The molecule has 0 saturated heterocycles. The summed E-state index contributed by atoms with van der Waals surface area (Å²) in [6, 6.07) is 16.2. The average Bonchev–Trinajstić information content (AvgIpc) is 2.49. The largest absolute Gasteiger partial charge is 0.351 e. The summed E-state index contributed by atoms with van der Waals surface area (Å²) in [5.41, 5.74) is 3.53. The number of rotatable bonds is 6. The summed E-state index contributed by atoms with van der Waals surface area (Å²) >= 11 is 3.53. The Hall–Kier alpha value is -1.65. The van der Waals surface area contributed by atoms with Gasteiger partial charge in [-0.05, 0) is 36.7 Å². The zero-order valence-electron chi connectivity index (χ0n) is 13.0. The van der Waals surface area contributed by atoms with Crippen molar-refractivity contribution in [2.45, 2.75) is 20.0 Å². The number of carbonyl (C=O) groups is 1. The van der Waals surface area contributed by atoms with Gasteiger partial charge in [0.1, 0.15) is 0 Å². The first kappa shape index (κ1) is 16.7. The maximum absolute atomic E-state index is 12.0. The van der Waals surface area contributed by atoms with Crippen LogP contribution < -0.4 is 5.32 Å². The molecule has 0 fully saturated rings. The second-order valence-electron chi connectivity index (χ2n) is 5.47. The number of halogens is 1. The highest BCUT2D eigenvalue weighted by Gasteiger charge is 2.09. The topological polar surface area (TPSA) is 32.3 Å². The van der Waals surface area contributed by atoms with Crippen molar-refractivity contribution >= 4 is 21.8 Å². The van der Waals surface area contributed by atoms with Crippen LogP contribution in [0.3, 0.4) is 0 Å². The molecule has 0 aromatic heterocycles. The predicted octanol–water partition coefficient (Wildman–Crippen LogP) is 3.51. The molecule has 1 N–H and O–H groups in total. The quantitative estimate of drug-likeness (QED) is 0.854. The van der Waals surface area contributed by atoms with Crippen LogP contribution in [-0.4, -0.2) is 24.4 Å². The second-order valence-corrected chi connectivity index (χ2v) is 6.32. The van der Waals surface area contributed by atoms with Gasteiger partial charge in [-0.15, -0.1) is 0 Å². The fraction of sp³-hybridized carbons (Fsp3) is 0.278. The molecule has 1 amide bonds. The fourth-order valence-corrected chi connectivity index (χ4v) is 2.69. The molecule has 0 unspecified atom stereocenters. The van der Waals surface area contributed by atoms with Gasteiger partial charge in [0.25, 0.3) is 0 Å². The Balaban J connectivity index is 1.82. The number of aryl methyl sites for hydroxylation is 1. The van der Waals surface area contributed by atoms with E-state index in [1.54, 1.807) is 0 Å². The Morgan fingerprint density at radius 1 is 1.09 bits per heavy atom. The summed E-state index contributed by atoms with van der Waals surface area (Å²) < 4.78 is 1.07. The van der Waals surface area contributed by atoms with E-state index in [-0.39, 0.29) is 5.91 Å². The third-order valence-electron chi connectivity index (χ3n) is 3.55. The summed E-state index contributed by atoms with van der Waals surface area (Å²) in [4.78, 5) is 14.1. The van der Waals surface area contributed by atoms with E-state index in [9.17, 15) is 4.79 Å². The zero-order chi connectivity index (χ0) is 15.9. The lowest BCUT2D eigenvalue weighted by Crippen LogP contribution is -2.34. The van der Waals surface area contributed by atoms with Gasteiger partial charge < -0.3 is 5.32 Å². The number of benzene rings is 2. The van der Waals surface area contributed by atoms with E-state index < -0.39 is 0 Å². The Labute approximate surface area is 140 Å². The Morgan fingerprint density at radius 2 is 1.73 bits per heavy atom. The highest BCUT2D eigenvalue weighted by atomic mass is 79.9. The van der Waals surface area contributed by atoms with Crippen LogP contribution in [0.5, 0.6) is 0 Å². The molecule has 0 aliphatic heterocycles. The van der Waals surface area contributed by atoms with Gasteiger partial charge in [-0.1, -0.05) is 58.4 Å². The van der Waals surface area contributed by atoms with Crippen molar-refractivity contribution in [3.8, 4) is 0 Å². The van der Waals surface area contributed by atoms with Crippen molar-refractivity contribution in [2.75, 3.05) is 13.6 Å². The molecule has 0 radical (unpaired) electrons. The van der Waals surface area contributed by atoms with Crippen LogP contribution in [0.4, 0.5) is 0 Å². The number of nitrogens with zero attached hydrogens (tertiary/aromatic N) is 1. The van der Waals surface area contributed by atoms with Gasteiger partial charge in [0.2, 0.25) is 5.91 Å². The molecule has 0 heterocycles. The minimum atomic E-state index is 0.0396. The standard InChI is InChI=1S/C18H21BrN2O/c1-14-7-3-4-8-15(14)11-20-18(22)13-21(2)12-16-9-5-6-10-17(16)19/h3-10H,11-13H2,1-2H3,(H,20,22). The molecule has 22 heavy (non-hydrogen) atoms. The van der Waals surface area contributed by atoms with E-state index in [1.165, 1.54) is 11.1 Å². The lowest BCUT2D eigenvalue weighted by molar-refractivity contribution is -0.122. The number of carbonyl (C=O) groups excluding carboxylic acids is 1. The molecule has 116 valence electrons. The molecule has 0 saturated carbocycles. The van der Waals surface area contributed by atoms with Crippen LogP contribution in [0, 0.1) is 6.92 Å². The van der Waals surface area contributed by atoms with Crippen LogP contribution in [0.25, 0.3) is 0 Å². The van der Waals surface area contributed by atoms with Gasteiger partial charge in [0.15, 0.2) is 0 Å². The average molecular weight is 361 g/mol. The van der Waals surface area contributed by atoms with Crippen molar-refractivity contribution in [3.05, 3.63) is 69.7 Å². The summed E-state index contributed by atoms with van der Waals surface area (Å²) in [5.74, 6) is 0.0396. The van der Waals surface area contributed by atoms with Gasteiger partial charge in [-0.25, -0.2) is 0 Å². The van der Waals surface area contributed by atoms with E-state index in [1.807, 2.05) is 48.3 Å². The molecule has 3 nitrogen and oxygen atoms in total. The summed E-state index contributed by atoms with van der Waals surface area (Å²) in [5, 5.41) is 2.98. The van der Waals surface area contributed by atoms with Gasteiger partial charge in [0.05, 0.1) is 6.54 Å². The van der Waals surface area contributed by atoms with Crippen LogP contribution in [0.2, 0.25) is 0 Å². The molecule has 2 aromatic carbocycles. The minimum absolute atomic E-state index is 0.0396. The Kier molecular flexibility index (Phi) is 6.16. The molecule has 0 atom stereocenters. The SMILES string of the molecule is Cc1ccccc1CNC(=O)CN(C)Cc1ccccc1Br. The van der Waals surface area contributed by atoms with Gasteiger partial charge in [-0.3, -0.25) is 9.69 Å². The third kappa shape index (κ3) is 4.97. The minimum Gasteiger partial charge on any atom is -0.351 e. The molecule has 2 rings (SSSR count). The van der Waals surface area contributed by atoms with E-state index in [0.717, 1.165) is 16.6 Å². The number of amides is 1. The normalized spacial score (nSPS) is 10.7. The lowest BCUT2D eigenvalue weighted by atomic mass is 10.1. The molecule has 0 spiro atoms. The van der Waals surface area contributed by atoms with E-state index in [2.05, 4.69) is 40.3 Å². The number of hydrogen-bond acceptors (Lipinski definition) is 2.